The second-order valence-corrected chi connectivity index (χ2v) is 9.29. The normalized spacial score (nSPS) is 15.8. The Bertz CT molecular complexity index is 1100. The standard InChI is InChI=1S/C23H27BrN6O/c24-16-7-6-8-17(15-16)30-19-10-4-3-9-18(19)22(28-30)23(31)25-13-12-21-27-26-20-11-2-1-5-14-29(20)21/h6-8,15H,1-5,9-14H2,(H,25,31). The van der Waals surface area contributed by atoms with Gasteiger partial charge in [-0.3, -0.25) is 4.79 Å². The van der Waals surface area contributed by atoms with Gasteiger partial charge in [0, 0.05) is 41.7 Å². The van der Waals surface area contributed by atoms with E-state index in [-0.39, 0.29) is 5.91 Å². The monoisotopic (exact) mass is 482 g/mol. The third-order valence-corrected chi connectivity index (χ3v) is 6.76. The van der Waals surface area contributed by atoms with Crippen LogP contribution < -0.4 is 5.32 Å². The van der Waals surface area contributed by atoms with Gasteiger partial charge < -0.3 is 9.88 Å². The Kier molecular flexibility index (Phi) is 5.89. The van der Waals surface area contributed by atoms with E-state index in [4.69, 9.17) is 5.10 Å². The number of hydrogen-bond acceptors (Lipinski definition) is 4. The molecule has 8 heteroatoms. The number of amides is 1. The summed E-state index contributed by atoms with van der Waals surface area (Å²) in [5.74, 6) is 1.96. The fourth-order valence-electron chi connectivity index (χ4n) is 4.70. The van der Waals surface area contributed by atoms with Crippen molar-refractivity contribution in [1.82, 2.24) is 29.9 Å². The highest BCUT2D eigenvalue weighted by Crippen LogP contribution is 2.28. The second kappa shape index (κ2) is 8.94. The Hall–Kier alpha value is -2.48. The average Bonchev–Trinajstić information content (AvgIpc) is 3.27. The van der Waals surface area contributed by atoms with E-state index in [0.29, 0.717) is 18.7 Å². The molecule has 1 aliphatic heterocycles. The first kappa shape index (κ1) is 20.4. The van der Waals surface area contributed by atoms with Crippen LogP contribution in [0.5, 0.6) is 0 Å². The number of halogens is 1. The molecule has 0 saturated heterocycles. The summed E-state index contributed by atoms with van der Waals surface area (Å²) in [6.45, 7) is 1.52. The molecule has 162 valence electrons. The SMILES string of the molecule is O=C(NCCc1nnc2n1CCCCC2)c1nn(-c2cccc(Br)c2)c2c1CCCC2. The number of aromatic nitrogens is 5. The van der Waals surface area contributed by atoms with Crippen molar-refractivity contribution < 1.29 is 4.79 Å². The molecule has 2 aliphatic rings. The van der Waals surface area contributed by atoms with Crippen molar-refractivity contribution in [2.45, 2.75) is 64.3 Å². The molecule has 1 aromatic carbocycles. The number of carbonyl (C=O) groups excluding carboxylic acids is 1. The first-order valence-corrected chi connectivity index (χ1v) is 12.1. The minimum Gasteiger partial charge on any atom is -0.350 e. The zero-order chi connectivity index (χ0) is 21.2. The Morgan fingerprint density at radius 3 is 2.84 bits per heavy atom. The number of carbonyl (C=O) groups is 1. The summed E-state index contributed by atoms with van der Waals surface area (Å²) in [5.41, 5.74) is 3.81. The van der Waals surface area contributed by atoms with Crippen LogP contribution in [0.4, 0.5) is 0 Å². The summed E-state index contributed by atoms with van der Waals surface area (Å²) in [6, 6.07) is 8.07. The summed E-state index contributed by atoms with van der Waals surface area (Å²) in [4.78, 5) is 13.1. The van der Waals surface area contributed by atoms with E-state index in [1.165, 1.54) is 19.3 Å². The molecule has 0 radical (unpaired) electrons. The molecule has 0 saturated carbocycles. The molecule has 2 aromatic heterocycles. The third-order valence-electron chi connectivity index (χ3n) is 6.27. The summed E-state index contributed by atoms with van der Waals surface area (Å²) in [5, 5.41) is 16.6. The molecule has 0 bridgehead atoms. The minimum absolute atomic E-state index is 0.0949. The molecule has 0 atom stereocenters. The summed E-state index contributed by atoms with van der Waals surface area (Å²) in [7, 11) is 0. The number of benzene rings is 1. The number of rotatable bonds is 5. The molecule has 7 nitrogen and oxygen atoms in total. The zero-order valence-corrected chi connectivity index (χ0v) is 19.2. The molecule has 1 aliphatic carbocycles. The van der Waals surface area contributed by atoms with E-state index in [9.17, 15) is 4.79 Å². The van der Waals surface area contributed by atoms with Gasteiger partial charge in [0.2, 0.25) is 0 Å². The van der Waals surface area contributed by atoms with Crippen molar-refractivity contribution in [3.8, 4) is 5.69 Å². The van der Waals surface area contributed by atoms with Crippen LogP contribution in [0.25, 0.3) is 5.69 Å². The molecular weight excluding hydrogens is 456 g/mol. The van der Waals surface area contributed by atoms with Crippen LogP contribution in [0.3, 0.4) is 0 Å². The zero-order valence-electron chi connectivity index (χ0n) is 17.6. The van der Waals surface area contributed by atoms with E-state index in [0.717, 1.165) is 71.7 Å². The first-order valence-electron chi connectivity index (χ1n) is 11.3. The third kappa shape index (κ3) is 4.18. The Morgan fingerprint density at radius 2 is 1.94 bits per heavy atom. The Balaban J connectivity index is 1.32. The smallest absolute Gasteiger partial charge is 0.272 e. The van der Waals surface area contributed by atoms with Crippen LogP contribution in [-0.4, -0.2) is 37.0 Å². The molecule has 0 unspecified atom stereocenters. The lowest BCUT2D eigenvalue weighted by atomic mass is 9.95. The number of fused-ring (bicyclic) bond motifs is 2. The van der Waals surface area contributed by atoms with Gasteiger partial charge in [-0.25, -0.2) is 4.68 Å². The van der Waals surface area contributed by atoms with Gasteiger partial charge in [-0.05, 0) is 56.7 Å². The van der Waals surface area contributed by atoms with Gasteiger partial charge in [0.15, 0.2) is 5.69 Å². The van der Waals surface area contributed by atoms with E-state index < -0.39 is 0 Å². The highest BCUT2D eigenvalue weighted by molar-refractivity contribution is 9.10. The summed E-state index contributed by atoms with van der Waals surface area (Å²) < 4.78 is 5.19. The van der Waals surface area contributed by atoms with Crippen molar-refractivity contribution in [3.05, 3.63) is 57.3 Å². The van der Waals surface area contributed by atoms with Gasteiger partial charge in [-0.15, -0.1) is 10.2 Å². The van der Waals surface area contributed by atoms with Crippen LogP contribution in [0.1, 0.15) is 65.5 Å². The summed E-state index contributed by atoms with van der Waals surface area (Å²) in [6.07, 6.45) is 9.37. The first-order chi connectivity index (χ1) is 15.2. The van der Waals surface area contributed by atoms with E-state index in [1.807, 2.05) is 28.9 Å². The summed E-state index contributed by atoms with van der Waals surface area (Å²) >= 11 is 3.54. The van der Waals surface area contributed by atoms with Crippen molar-refractivity contribution in [3.63, 3.8) is 0 Å². The number of aryl methyl sites for hydroxylation is 1. The van der Waals surface area contributed by atoms with Crippen molar-refractivity contribution in [2.75, 3.05) is 6.54 Å². The lowest BCUT2D eigenvalue weighted by Crippen LogP contribution is -2.28. The highest BCUT2D eigenvalue weighted by atomic mass is 79.9. The largest absolute Gasteiger partial charge is 0.350 e. The van der Waals surface area contributed by atoms with Gasteiger partial charge in [0.25, 0.3) is 5.91 Å². The lowest BCUT2D eigenvalue weighted by Gasteiger charge is -2.14. The van der Waals surface area contributed by atoms with E-state index >= 15 is 0 Å². The van der Waals surface area contributed by atoms with Gasteiger partial charge in [-0.2, -0.15) is 5.10 Å². The molecule has 1 amide bonds. The van der Waals surface area contributed by atoms with Gasteiger partial charge >= 0.3 is 0 Å². The highest BCUT2D eigenvalue weighted by Gasteiger charge is 2.25. The van der Waals surface area contributed by atoms with Crippen LogP contribution in [0.2, 0.25) is 0 Å². The average molecular weight is 483 g/mol. The fraction of sp³-hybridized carbons (Fsp3) is 0.478. The predicted octanol–water partition coefficient (Wildman–Crippen LogP) is 3.80. The Morgan fingerprint density at radius 1 is 1.06 bits per heavy atom. The van der Waals surface area contributed by atoms with Gasteiger partial charge in [0.1, 0.15) is 11.6 Å². The van der Waals surface area contributed by atoms with Crippen LogP contribution >= 0.6 is 15.9 Å². The number of nitrogens with zero attached hydrogens (tertiary/aromatic N) is 5. The molecule has 3 heterocycles. The molecule has 0 fully saturated rings. The van der Waals surface area contributed by atoms with Crippen LogP contribution in [0, 0.1) is 0 Å². The van der Waals surface area contributed by atoms with Crippen LogP contribution in [0.15, 0.2) is 28.7 Å². The molecule has 0 spiro atoms. The van der Waals surface area contributed by atoms with Crippen molar-refractivity contribution in [2.24, 2.45) is 0 Å². The maximum absolute atomic E-state index is 13.1. The molecule has 1 N–H and O–H groups in total. The molecular formula is C23H27BrN6O. The minimum atomic E-state index is -0.0949. The van der Waals surface area contributed by atoms with Crippen LogP contribution in [-0.2, 0) is 32.2 Å². The quantitative estimate of drug-likeness (QED) is 0.599. The number of hydrogen-bond donors (Lipinski definition) is 1. The number of nitrogens with one attached hydrogen (secondary N) is 1. The molecule has 31 heavy (non-hydrogen) atoms. The molecule has 3 aromatic rings. The maximum atomic E-state index is 13.1. The Labute approximate surface area is 190 Å². The lowest BCUT2D eigenvalue weighted by molar-refractivity contribution is 0.0947. The van der Waals surface area contributed by atoms with Gasteiger partial charge in [-0.1, -0.05) is 28.4 Å². The van der Waals surface area contributed by atoms with Crippen molar-refractivity contribution >= 4 is 21.8 Å². The molecule has 5 rings (SSSR count). The second-order valence-electron chi connectivity index (χ2n) is 8.37. The van der Waals surface area contributed by atoms with Gasteiger partial charge in [0.05, 0.1) is 5.69 Å². The maximum Gasteiger partial charge on any atom is 0.272 e. The van der Waals surface area contributed by atoms with E-state index in [1.54, 1.807) is 0 Å². The fourth-order valence-corrected chi connectivity index (χ4v) is 5.09. The van der Waals surface area contributed by atoms with E-state index in [2.05, 4.69) is 36.0 Å². The predicted molar refractivity (Wildman–Crippen MR) is 122 cm³/mol. The van der Waals surface area contributed by atoms with Crippen molar-refractivity contribution in [1.29, 1.82) is 0 Å². The topological polar surface area (TPSA) is 77.6 Å².